The van der Waals surface area contributed by atoms with Crippen molar-refractivity contribution in [3.63, 3.8) is 0 Å². The predicted molar refractivity (Wildman–Crippen MR) is 40.8 cm³/mol. The Balaban J connectivity index is 3.20. The monoisotopic (exact) mass is 142 g/mol. The van der Waals surface area contributed by atoms with Crippen LogP contribution in [0, 0.1) is 0 Å². The third-order valence-corrected chi connectivity index (χ3v) is 1.28. The van der Waals surface area contributed by atoms with Gasteiger partial charge in [0, 0.05) is 6.42 Å². The Morgan fingerprint density at radius 2 is 2.10 bits per heavy atom. The molecule has 2 nitrogen and oxygen atoms in total. The van der Waals surface area contributed by atoms with Gasteiger partial charge in [-0.2, -0.15) is 0 Å². The number of aliphatic hydroxyl groups excluding tert-OH is 1. The average Bonchev–Trinajstić information content (AvgIpc) is 1.87. The smallest absolute Gasteiger partial charge is 0.129 e. The Hall–Kier alpha value is -0.630. The van der Waals surface area contributed by atoms with Crippen LogP contribution in [0.1, 0.15) is 26.2 Å². The largest absolute Gasteiger partial charge is 0.392 e. The van der Waals surface area contributed by atoms with E-state index in [-0.39, 0.29) is 12.4 Å². The highest BCUT2D eigenvalue weighted by Crippen LogP contribution is 2.03. The molecule has 1 N–H and O–H groups in total. The van der Waals surface area contributed by atoms with Crippen molar-refractivity contribution < 1.29 is 9.90 Å². The molecule has 0 spiro atoms. The second-order valence-electron chi connectivity index (χ2n) is 2.46. The molecule has 0 amide bonds. The van der Waals surface area contributed by atoms with Crippen LogP contribution in [0.3, 0.4) is 0 Å². The highest BCUT2D eigenvalue weighted by molar-refractivity contribution is 5.75. The molecule has 0 bridgehead atoms. The zero-order valence-corrected chi connectivity index (χ0v) is 6.39. The van der Waals surface area contributed by atoms with E-state index < -0.39 is 0 Å². The second kappa shape index (κ2) is 5.18. The summed E-state index contributed by atoms with van der Waals surface area (Å²) in [5.41, 5.74) is 0.807. The van der Waals surface area contributed by atoms with Crippen molar-refractivity contribution in [3.8, 4) is 0 Å². The molecule has 0 aliphatic heterocycles. The van der Waals surface area contributed by atoms with Crippen molar-refractivity contribution in [1.29, 1.82) is 0 Å². The number of aliphatic hydroxyl groups is 1. The van der Waals surface area contributed by atoms with E-state index in [1.54, 1.807) is 6.92 Å². The lowest BCUT2D eigenvalue weighted by atomic mass is 10.1. The minimum atomic E-state index is 0.0396. The molecule has 0 aliphatic carbocycles. The highest BCUT2D eigenvalue weighted by Gasteiger charge is 1.94. The van der Waals surface area contributed by atoms with Crippen LogP contribution in [-0.2, 0) is 4.79 Å². The number of carbonyl (C=O) groups is 1. The van der Waals surface area contributed by atoms with Gasteiger partial charge in [-0.25, -0.2) is 0 Å². The van der Waals surface area contributed by atoms with E-state index in [1.165, 1.54) is 0 Å². The lowest BCUT2D eigenvalue weighted by Crippen LogP contribution is -1.92. The van der Waals surface area contributed by atoms with Crippen molar-refractivity contribution in [3.05, 3.63) is 12.2 Å². The molecule has 0 atom stereocenters. The van der Waals surface area contributed by atoms with Gasteiger partial charge in [0.05, 0.1) is 6.61 Å². The van der Waals surface area contributed by atoms with E-state index >= 15 is 0 Å². The number of ketones is 1. The first-order valence-electron chi connectivity index (χ1n) is 3.43. The minimum Gasteiger partial charge on any atom is -0.392 e. The Labute approximate surface area is 61.6 Å². The molecule has 0 fully saturated rings. The molecule has 0 saturated carbocycles. The van der Waals surface area contributed by atoms with Crippen LogP contribution in [0.4, 0.5) is 0 Å². The molecule has 0 aromatic heterocycles. The summed E-state index contributed by atoms with van der Waals surface area (Å²) in [7, 11) is 0. The van der Waals surface area contributed by atoms with Crippen molar-refractivity contribution in [2.24, 2.45) is 0 Å². The Bertz CT molecular complexity index is 127. The molecular weight excluding hydrogens is 128 g/mol. The van der Waals surface area contributed by atoms with Gasteiger partial charge in [0.1, 0.15) is 5.78 Å². The molecule has 0 saturated heterocycles. The zero-order chi connectivity index (χ0) is 7.98. The zero-order valence-electron chi connectivity index (χ0n) is 6.39. The highest BCUT2D eigenvalue weighted by atomic mass is 16.3. The van der Waals surface area contributed by atoms with E-state index in [4.69, 9.17) is 5.11 Å². The fourth-order valence-electron chi connectivity index (χ4n) is 0.666. The topological polar surface area (TPSA) is 37.3 Å². The van der Waals surface area contributed by atoms with Gasteiger partial charge in [-0.3, -0.25) is 0 Å². The quantitative estimate of drug-likeness (QED) is 0.587. The number of hydrogen-bond donors (Lipinski definition) is 1. The SMILES string of the molecule is C=C(CO)CCCC(C)=O. The molecule has 0 radical (unpaired) electrons. The first-order chi connectivity index (χ1) is 4.66. The maximum atomic E-state index is 10.4. The molecule has 0 heterocycles. The maximum absolute atomic E-state index is 10.4. The maximum Gasteiger partial charge on any atom is 0.129 e. The molecule has 10 heavy (non-hydrogen) atoms. The first kappa shape index (κ1) is 9.37. The third kappa shape index (κ3) is 5.51. The van der Waals surface area contributed by atoms with Crippen LogP contribution >= 0.6 is 0 Å². The van der Waals surface area contributed by atoms with Crippen molar-refractivity contribution in [2.75, 3.05) is 6.61 Å². The summed E-state index contributed by atoms with van der Waals surface area (Å²) in [5, 5.41) is 8.52. The molecule has 2 heteroatoms. The Kier molecular flexibility index (Phi) is 4.85. The Morgan fingerprint density at radius 3 is 2.50 bits per heavy atom. The summed E-state index contributed by atoms with van der Waals surface area (Å²) in [6.07, 6.45) is 2.17. The number of Topliss-reactive ketones (excluding diaryl/α,β-unsaturated/α-hetero) is 1. The predicted octanol–water partition coefficient (Wildman–Crippen LogP) is 1.29. The molecule has 0 aromatic carbocycles. The van der Waals surface area contributed by atoms with E-state index in [0.717, 1.165) is 18.4 Å². The summed E-state index contributed by atoms with van der Waals surface area (Å²) < 4.78 is 0. The van der Waals surface area contributed by atoms with Gasteiger partial charge in [0.2, 0.25) is 0 Å². The van der Waals surface area contributed by atoms with Crippen molar-refractivity contribution >= 4 is 5.78 Å². The lowest BCUT2D eigenvalue weighted by Gasteiger charge is -1.98. The molecule has 0 aromatic rings. The Morgan fingerprint density at radius 1 is 1.50 bits per heavy atom. The second-order valence-corrected chi connectivity index (χ2v) is 2.46. The van der Waals surface area contributed by atoms with E-state index in [1.807, 2.05) is 0 Å². The fourth-order valence-corrected chi connectivity index (χ4v) is 0.666. The van der Waals surface area contributed by atoms with Gasteiger partial charge in [0.15, 0.2) is 0 Å². The average molecular weight is 142 g/mol. The summed E-state index contributed by atoms with van der Waals surface area (Å²) in [6, 6.07) is 0. The van der Waals surface area contributed by atoms with E-state index in [2.05, 4.69) is 6.58 Å². The third-order valence-electron chi connectivity index (χ3n) is 1.28. The number of rotatable bonds is 5. The summed E-state index contributed by atoms with van der Waals surface area (Å²) in [4.78, 5) is 10.4. The molecule has 0 rings (SSSR count). The van der Waals surface area contributed by atoms with Gasteiger partial charge >= 0.3 is 0 Å². The van der Waals surface area contributed by atoms with Crippen LogP contribution in [0.5, 0.6) is 0 Å². The normalized spacial score (nSPS) is 9.40. The van der Waals surface area contributed by atoms with Gasteiger partial charge in [0.25, 0.3) is 0 Å². The fraction of sp³-hybridized carbons (Fsp3) is 0.625. The summed E-state index contributed by atoms with van der Waals surface area (Å²) in [5.74, 6) is 0.200. The molecular formula is C8H14O2. The van der Waals surface area contributed by atoms with Gasteiger partial charge in [-0.15, -0.1) is 0 Å². The van der Waals surface area contributed by atoms with Crippen LogP contribution in [0.2, 0.25) is 0 Å². The van der Waals surface area contributed by atoms with E-state index in [9.17, 15) is 4.79 Å². The lowest BCUT2D eigenvalue weighted by molar-refractivity contribution is -0.117. The molecule has 0 aliphatic rings. The van der Waals surface area contributed by atoms with Gasteiger partial charge < -0.3 is 9.90 Å². The van der Waals surface area contributed by atoms with Gasteiger partial charge in [-0.05, 0) is 19.8 Å². The van der Waals surface area contributed by atoms with E-state index in [0.29, 0.717) is 6.42 Å². The molecule has 0 unspecified atom stereocenters. The van der Waals surface area contributed by atoms with Gasteiger partial charge in [-0.1, -0.05) is 12.2 Å². The summed E-state index contributed by atoms with van der Waals surface area (Å²) in [6.45, 7) is 5.22. The van der Waals surface area contributed by atoms with Crippen molar-refractivity contribution in [1.82, 2.24) is 0 Å². The van der Waals surface area contributed by atoms with Crippen LogP contribution < -0.4 is 0 Å². The molecule has 58 valence electrons. The number of hydrogen-bond acceptors (Lipinski definition) is 2. The van der Waals surface area contributed by atoms with Crippen LogP contribution in [0.25, 0.3) is 0 Å². The van der Waals surface area contributed by atoms with Crippen LogP contribution in [0.15, 0.2) is 12.2 Å². The van der Waals surface area contributed by atoms with Crippen molar-refractivity contribution in [2.45, 2.75) is 26.2 Å². The standard InChI is InChI=1S/C8H14O2/c1-7(6-9)4-3-5-8(2)10/h9H,1,3-6H2,2H3. The summed E-state index contributed by atoms with van der Waals surface area (Å²) >= 11 is 0. The first-order valence-corrected chi connectivity index (χ1v) is 3.43. The minimum absolute atomic E-state index is 0.0396. The van der Waals surface area contributed by atoms with Crippen LogP contribution in [-0.4, -0.2) is 17.5 Å². The number of carbonyl (C=O) groups excluding carboxylic acids is 1.